The molecule has 1 saturated carbocycles. The highest BCUT2D eigenvalue weighted by Crippen LogP contribution is 2.65. The maximum atomic E-state index is 15.2. The molecule has 3 fully saturated rings. The molecule has 3 aromatic carbocycles. The topological polar surface area (TPSA) is 116 Å². The summed E-state index contributed by atoms with van der Waals surface area (Å²) in [6.45, 7) is 2.20. The summed E-state index contributed by atoms with van der Waals surface area (Å²) in [6, 6.07) is 15.3. The first-order valence-corrected chi connectivity index (χ1v) is 17.0. The minimum Gasteiger partial charge on any atom is -0.504 e. The second-order valence-corrected chi connectivity index (χ2v) is 14.1. The summed E-state index contributed by atoms with van der Waals surface area (Å²) in [5.41, 5.74) is 3.11. The minimum absolute atomic E-state index is 0.100. The zero-order valence-electron chi connectivity index (χ0n) is 26.1. The molecular weight excluding hydrogens is 705 g/mol. The molecule has 7 rings (SSSR count). The van der Waals surface area contributed by atoms with E-state index in [9.17, 15) is 23.9 Å². The third-order valence-electron chi connectivity index (χ3n) is 10.4. The average Bonchev–Trinajstić information content (AvgIpc) is 3.44. The number of aromatic hydroxyl groups is 1. The molecule has 0 spiro atoms. The van der Waals surface area contributed by atoms with Crippen LogP contribution in [0.1, 0.15) is 43.2 Å². The van der Waals surface area contributed by atoms with Gasteiger partial charge in [-0.2, -0.15) is 5.01 Å². The summed E-state index contributed by atoms with van der Waals surface area (Å²) < 4.78 is 19.9. The van der Waals surface area contributed by atoms with E-state index in [1.165, 1.54) is 36.3 Å². The Hall–Kier alpha value is -4.22. The van der Waals surface area contributed by atoms with Crippen molar-refractivity contribution in [2.24, 2.45) is 23.7 Å². The number of methoxy groups -OCH3 is 1. The summed E-state index contributed by atoms with van der Waals surface area (Å²) >= 11 is 9.87. The molecule has 248 valence electrons. The number of nitrogens with zero attached hydrogens (tertiary/aromatic N) is 2. The highest BCUT2D eigenvalue weighted by molar-refractivity contribution is 9.10. The molecule has 48 heavy (non-hydrogen) atoms. The molecular formula is C36H32BrClFN3O6. The van der Waals surface area contributed by atoms with Gasteiger partial charge in [0.25, 0.3) is 11.8 Å². The molecule has 2 N–H and O–H groups in total. The van der Waals surface area contributed by atoms with Crippen molar-refractivity contribution in [3.63, 3.8) is 0 Å². The Labute approximate surface area is 289 Å². The third kappa shape index (κ3) is 4.69. The van der Waals surface area contributed by atoms with E-state index in [-0.39, 0.29) is 36.2 Å². The van der Waals surface area contributed by atoms with Crippen molar-refractivity contribution in [1.29, 1.82) is 0 Å². The summed E-state index contributed by atoms with van der Waals surface area (Å²) in [5, 5.41) is 13.2. The summed E-state index contributed by atoms with van der Waals surface area (Å²) in [4.78, 5) is 58.7. The number of carbonyl (C=O) groups is 4. The number of hydrogen-bond acceptors (Lipinski definition) is 7. The van der Waals surface area contributed by atoms with Gasteiger partial charge in [0.2, 0.25) is 11.8 Å². The lowest BCUT2D eigenvalue weighted by atomic mass is 9.49. The highest BCUT2D eigenvalue weighted by Gasteiger charge is 2.70. The number of hydrazine groups is 1. The van der Waals surface area contributed by atoms with Crippen molar-refractivity contribution in [1.82, 2.24) is 9.91 Å². The molecule has 4 aliphatic rings. The van der Waals surface area contributed by atoms with Crippen LogP contribution in [0, 0.1) is 29.5 Å². The van der Waals surface area contributed by atoms with E-state index in [0.29, 0.717) is 44.8 Å². The number of halogens is 3. The van der Waals surface area contributed by atoms with Crippen molar-refractivity contribution < 1.29 is 33.4 Å². The van der Waals surface area contributed by atoms with E-state index in [2.05, 4.69) is 21.4 Å². The van der Waals surface area contributed by atoms with Gasteiger partial charge in [0.15, 0.2) is 11.5 Å². The number of rotatable bonds is 7. The van der Waals surface area contributed by atoms with Gasteiger partial charge in [0.05, 0.1) is 36.0 Å². The van der Waals surface area contributed by atoms with Crippen LogP contribution < -0.4 is 10.2 Å². The first-order valence-electron chi connectivity index (χ1n) is 15.8. The molecule has 0 aromatic heterocycles. The lowest BCUT2D eigenvalue weighted by Crippen LogP contribution is -2.53. The number of imide groups is 2. The summed E-state index contributed by atoms with van der Waals surface area (Å²) in [5.74, 6) is -6.08. The van der Waals surface area contributed by atoms with Gasteiger partial charge in [-0.15, -0.1) is 0 Å². The van der Waals surface area contributed by atoms with E-state index < -0.39 is 52.6 Å². The molecule has 4 amide bonds. The SMILES string of the molecule is CCCN1C(=O)C2CC=C3C(CC4C(=O)N(Nc5ccc(F)cc5)C(=O)C4(c4ccc(Cl)cc4)C3c3cc(Br)cc(OC)c3O)C2C1=O. The molecule has 0 radical (unpaired) electrons. The van der Waals surface area contributed by atoms with Crippen LogP contribution in [-0.4, -0.2) is 52.3 Å². The zero-order chi connectivity index (χ0) is 34.1. The predicted octanol–water partition coefficient (Wildman–Crippen LogP) is 6.35. The Morgan fingerprint density at radius 2 is 1.73 bits per heavy atom. The van der Waals surface area contributed by atoms with Gasteiger partial charge in [-0.1, -0.05) is 58.2 Å². The molecule has 2 heterocycles. The number of amides is 4. The fourth-order valence-corrected chi connectivity index (χ4v) is 9.06. The molecule has 3 aromatic rings. The number of hydrogen-bond donors (Lipinski definition) is 2. The van der Waals surface area contributed by atoms with Crippen molar-refractivity contribution in [2.75, 3.05) is 19.1 Å². The number of allylic oxidation sites excluding steroid dienone is 2. The van der Waals surface area contributed by atoms with Crippen LogP contribution in [0.25, 0.3) is 0 Å². The lowest BCUT2D eigenvalue weighted by Gasteiger charge is -2.50. The van der Waals surface area contributed by atoms with E-state index in [4.69, 9.17) is 16.3 Å². The van der Waals surface area contributed by atoms with Gasteiger partial charge in [0, 0.05) is 27.5 Å². The highest BCUT2D eigenvalue weighted by atomic mass is 79.9. The largest absolute Gasteiger partial charge is 0.504 e. The van der Waals surface area contributed by atoms with Crippen LogP contribution in [0.3, 0.4) is 0 Å². The summed E-state index contributed by atoms with van der Waals surface area (Å²) in [6.07, 6.45) is 2.90. The standard InChI is InChI=1S/C36H32BrClFN3O6/c1-3-14-41-32(44)24-13-12-23-25(29(24)34(41)46)17-27-33(45)42(40-22-10-8-21(39)9-11-22)35(47)36(27,18-4-6-20(38)7-5-18)30(23)26-15-19(37)16-28(48-2)31(26)43/h4-12,15-16,24-25,27,29-30,40,43H,3,13-14,17H2,1-2H3. The Morgan fingerprint density at radius 1 is 1.02 bits per heavy atom. The van der Waals surface area contributed by atoms with E-state index in [1.807, 2.05) is 13.0 Å². The van der Waals surface area contributed by atoms with Crippen LogP contribution in [0.2, 0.25) is 5.02 Å². The molecule has 12 heteroatoms. The zero-order valence-corrected chi connectivity index (χ0v) is 28.4. The number of carbonyl (C=O) groups excluding carboxylic acids is 4. The fourth-order valence-electron chi connectivity index (χ4n) is 8.48. The average molecular weight is 737 g/mol. The number of anilines is 1. The number of phenolic OH excluding ortho intramolecular Hbond substituents is 1. The van der Waals surface area contributed by atoms with Crippen LogP contribution in [0.4, 0.5) is 10.1 Å². The minimum atomic E-state index is -1.62. The Kier molecular flexibility index (Phi) is 8.10. The predicted molar refractivity (Wildman–Crippen MR) is 178 cm³/mol. The third-order valence-corrected chi connectivity index (χ3v) is 11.1. The maximum absolute atomic E-state index is 15.2. The Balaban J connectivity index is 1.49. The van der Waals surface area contributed by atoms with E-state index in [0.717, 1.165) is 5.01 Å². The quantitative estimate of drug-likeness (QED) is 0.215. The van der Waals surface area contributed by atoms with Crippen molar-refractivity contribution >= 4 is 56.8 Å². The van der Waals surface area contributed by atoms with Crippen molar-refractivity contribution in [3.05, 3.63) is 98.8 Å². The number of phenols is 1. The Morgan fingerprint density at radius 3 is 2.40 bits per heavy atom. The molecule has 2 aliphatic heterocycles. The lowest BCUT2D eigenvalue weighted by molar-refractivity contribution is -0.141. The normalized spacial score (nSPS) is 27.9. The number of ether oxygens (including phenoxy) is 1. The van der Waals surface area contributed by atoms with Gasteiger partial charge in [0.1, 0.15) is 5.82 Å². The van der Waals surface area contributed by atoms with Crippen LogP contribution in [-0.2, 0) is 24.6 Å². The molecule has 0 bridgehead atoms. The fraction of sp³-hybridized carbons (Fsp3) is 0.333. The van der Waals surface area contributed by atoms with Crippen LogP contribution in [0.15, 0.2) is 76.8 Å². The van der Waals surface area contributed by atoms with E-state index in [1.54, 1.807) is 36.4 Å². The smallest absolute Gasteiger partial charge is 0.260 e. The van der Waals surface area contributed by atoms with Gasteiger partial charge >= 0.3 is 0 Å². The van der Waals surface area contributed by atoms with Crippen molar-refractivity contribution in [3.8, 4) is 11.5 Å². The molecule has 6 atom stereocenters. The number of fused-ring (bicyclic) bond motifs is 4. The first kappa shape index (κ1) is 32.3. The molecule has 2 saturated heterocycles. The monoisotopic (exact) mass is 735 g/mol. The van der Waals surface area contributed by atoms with Gasteiger partial charge in [-0.25, -0.2) is 4.39 Å². The molecule has 6 unspecified atom stereocenters. The second-order valence-electron chi connectivity index (χ2n) is 12.7. The maximum Gasteiger partial charge on any atom is 0.260 e. The van der Waals surface area contributed by atoms with Gasteiger partial charge in [-0.05, 0) is 79.3 Å². The van der Waals surface area contributed by atoms with Gasteiger partial charge < -0.3 is 9.84 Å². The summed E-state index contributed by atoms with van der Waals surface area (Å²) in [7, 11) is 1.42. The molecule has 2 aliphatic carbocycles. The number of nitrogens with one attached hydrogen (secondary N) is 1. The van der Waals surface area contributed by atoms with Crippen LogP contribution >= 0.6 is 27.5 Å². The second kappa shape index (κ2) is 12.0. The number of likely N-dealkylation sites (tertiary alicyclic amines) is 1. The van der Waals surface area contributed by atoms with Crippen molar-refractivity contribution in [2.45, 2.75) is 37.5 Å². The number of benzene rings is 3. The van der Waals surface area contributed by atoms with E-state index >= 15 is 4.79 Å². The van der Waals surface area contributed by atoms with Crippen LogP contribution in [0.5, 0.6) is 11.5 Å². The first-order chi connectivity index (χ1) is 23.0. The molecule has 9 nitrogen and oxygen atoms in total. The Bertz CT molecular complexity index is 1890. The van der Waals surface area contributed by atoms with Gasteiger partial charge in [-0.3, -0.25) is 29.5 Å².